The van der Waals surface area contributed by atoms with Gasteiger partial charge in [-0.05, 0) is 6.20 Å². The van der Waals surface area contributed by atoms with Gasteiger partial charge >= 0.3 is 0 Å². The minimum absolute atomic E-state index is 0. The third-order valence-electron chi connectivity index (χ3n) is 3.54. The van der Waals surface area contributed by atoms with Gasteiger partial charge < -0.3 is 29.5 Å². The van der Waals surface area contributed by atoms with Gasteiger partial charge in [-0.25, -0.2) is 0 Å². The Kier molecular flexibility index (Phi) is 4.86. The quantitative estimate of drug-likeness (QED) is 0.729. The monoisotopic (exact) mass is 352 g/mol. The van der Waals surface area contributed by atoms with Crippen molar-refractivity contribution in [2.45, 2.75) is 32.3 Å². The van der Waals surface area contributed by atoms with E-state index in [1.165, 1.54) is 0 Å². The number of ether oxygens (including phenoxy) is 1. The third kappa shape index (κ3) is 2.53. The normalized spacial score (nSPS) is 29.6. The minimum atomic E-state index is -0.718. The fourth-order valence-corrected chi connectivity index (χ4v) is 2.35. The summed E-state index contributed by atoms with van der Waals surface area (Å²) in [5.74, 6) is 0.424. The molecule has 3 heterocycles. The number of hydrogen-bond acceptors (Lipinski definition) is 6. The van der Waals surface area contributed by atoms with E-state index in [-0.39, 0.29) is 51.3 Å². The van der Waals surface area contributed by atoms with Gasteiger partial charge in [0.25, 0.3) is 0 Å². The summed E-state index contributed by atoms with van der Waals surface area (Å²) in [6.07, 6.45) is 2.63. The van der Waals surface area contributed by atoms with Crippen molar-refractivity contribution in [3.63, 3.8) is 0 Å². The van der Waals surface area contributed by atoms with Crippen LogP contribution in [0.25, 0.3) is 11.2 Å². The first-order valence-corrected chi connectivity index (χ1v) is 6.15. The molecule has 1 unspecified atom stereocenters. The van der Waals surface area contributed by atoms with Gasteiger partial charge in [-0.3, -0.25) is 4.98 Å². The smallest absolute Gasteiger partial charge is 0.153 e. The van der Waals surface area contributed by atoms with Crippen LogP contribution in [0.4, 0.5) is 0 Å². The molecule has 2 aromatic heterocycles. The maximum Gasteiger partial charge on any atom is 0.153 e. The molecule has 3 rings (SSSR count). The second kappa shape index (κ2) is 6.11. The van der Waals surface area contributed by atoms with Crippen molar-refractivity contribution in [2.24, 2.45) is 5.92 Å². The number of aliphatic hydroxyl groups excluding tert-OH is 2. The first kappa shape index (κ1) is 15.9. The van der Waals surface area contributed by atoms with Gasteiger partial charge in [-0.2, -0.15) is 0 Å². The molecule has 0 saturated carbocycles. The molecule has 0 bridgehead atoms. The van der Waals surface area contributed by atoms with E-state index in [2.05, 4.69) is 21.1 Å². The minimum Gasteiger partial charge on any atom is -0.394 e. The van der Waals surface area contributed by atoms with E-state index in [9.17, 15) is 10.2 Å². The van der Waals surface area contributed by atoms with Crippen LogP contribution in [0.1, 0.15) is 19.0 Å². The van der Waals surface area contributed by atoms with Gasteiger partial charge in [0.15, 0.2) is 6.23 Å². The number of aliphatic hydroxyl groups is 2. The van der Waals surface area contributed by atoms with Gasteiger partial charge in [-0.15, -0.1) is 0 Å². The van der Waals surface area contributed by atoms with Gasteiger partial charge in [0.1, 0.15) is 6.10 Å². The van der Waals surface area contributed by atoms with Crippen LogP contribution < -0.4 is 0 Å². The van der Waals surface area contributed by atoms with Crippen LogP contribution in [0, 0.1) is 19.0 Å². The van der Waals surface area contributed by atoms with Gasteiger partial charge in [0.2, 0.25) is 0 Å². The third-order valence-corrected chi connectivity index (χ3v) is 3.54. The summed E-state index contributed by atoms with van der Waals surface area (Å²) in [5.41, 5.74) is 1.10. The van der Waals surface area contributed by atoms with E-state index in [0.29, 0.717) is 17.0 Å². The number of fused-ring (bicyclic) bond motifs is 1. The Morgan fingerprint density at radius 3 is 2.90 bits per heavy atom. The molecule has 0 amide bonds. The van der Waals surface area contributed by atoms with E-state index < -0.39 is 12.3 Å². The maximum atomic E-state index is 10.2. The van der Waals surface area contributed by atoms with Crippen LogP contribution in [0.3, 0.4) is 0 Å². The largest absolute Gasteiger partial charge is 0.394 e. The van der Waals surface area contributed by atoms with Crippen molar-refractivity contribution >= 4 is 11.2 Å². The zero-order valence-corrected chi connectivity index (χ0v) is 14.1. The van der Waals surface area contributed by atoms with Crippen molar-refractivity contribution in [3.8, 4) is 0 Å². The Morgan fingerprint density at radius 2 is 2.25 bits per heavy atom. The van der Waals surface area contributed by atoms with Crippen molar-refractivity contribution in [1.29, 1.82) is 0 Å². The second-order valence-electron chi connectivity index (χ2n) is 4.80. The zero-order valence-electron chi connectivity index (χ0n) is 11.3. The molecule has 1 radical (unpaired) electrons. The number of aromatic nitrogens is 4. The topological polar surface area (TPSA) is 93.3 Å². The SMILES string of the molecule is Cc1n[c-]c2ncn([C@@H]3O[C@H](CO)[C@H](C)C3O)c2n1.[Y]. The summed E-state index contributed by atoms with van der Waals surface area (Å²) in [7, 11) is 0. The molecule has 0 spiro atoms. The number of imidazole rings is 1. The van der Waals surface area contributed by atoms with Crippen LogP contribution in [0.2, 0.25) is 0 Å². The second-order valence-corrected chi connectivity index (χ2v) is 4.80. The Balaban J connectivity index is 0.00000147. The average Bonchev–Trinajstić information content (AvgIpc) is 2.92. The van der Waals surface area contributed by atoms with Gasteiger partial charge in [0, 0.05) is 50.0 Å². The first-order valence-electron chi connectivity index (χ1n) is 6.15. The number of hydrogen-bond donors (Lipinski definition) is 2. The molecule has 2 aromatic rings. The van der Waals surface area contributed by atoms with Crippen LogP contribution in [-0.4, -0.2) is 48.5 Å². The van der Waals surface area contributed by atoms with Crippen LogP contribution in [0.15, 0.2) is 6.33 Å². The van der Waals surface area contributed by atoms with Crippen molar-refractivity contribution in [1.82, 2.24) is 19.5 Å². The Morgan fingerprint density at radius 1 is 1.50 bits per heavy atom. The predicted octanol–water partition coefficient (Wildman–Crippen LogP) is -0.181. The molecule has 0 aromatic carbocycles. The maximum absolute atomic E-state index is 10.2. The van der Waals surface area contributed by atoms with E-state index in [0.717, 1.165) is 0 Å². The summed E-state index contributed by atoms with van der Waals surface area (Å²) in [6.45, 7) is 3.48. The number of aryl methyl sites for hydroxylation is 1. The molecule has 7 nitrogen and oxygen atoms in total. The van der Waals surface area contributed by atoms with Crippen molar-refractivity contribution < 1.29 is 47.7 Å². The average molecular weight is 352 g/mol. The number of rotatable bonds is 2. The molecule has 1 saturated heterocycles. The molecular weight excluding hydrogens is 337 g/mol. The Hall–Kier alpha value is -0.466. The number of nitrogens with zero attached hydrogens (tertiary/aromatic N) is 4. The van der Waals surface area contributed by atoms with Gasteiger partial charge in [0.05, 0.1) is 24.7 Å². The molecule has 105 valence electrons. The fraction of sp³-hybridized carbons (Fsp3) is 0.583. The van der Waals surface area contributed by atoms with Crippen LogP contribution in [-0.2, 0) is 37.4 Å². The summed E-state index contributed by atoms with van der Waals surface area (Å²) in [4.78, 5) is 12.4. The van der Waals surface area contributed by atoms with Crippen LogP contribution >= 0.6 is 0 Å². The molecule has 0 aliphatic carbocycles. The molecule has 1 aliphatic rings. The van der Waals surface area contributed by atoms with Crippen molar-refractivity contribution in [3.05, 3.63) is 18.3 Å². The van der Waals surface area contributed by atoms with Crippen LogP contribution in [0.5, 0.6) is 0 Å². The summed E-state index contributed by atoms with van der Waals surface area (Å²) >= 11 is 0. The van der Waals surface area contributed by atoms with E-state index in [4.69, 9.17) is 4.74 Å². The van der Waals surface area contributed by atoms with Gasteiger partial charge in [-0.1, -0.05) is 13.8 Å². The van der Waals surface area contributed by atoms with Crippen molar-refractivity contribution in [2.75, 3.05) is 6.61 Å². The molecule has 1 fully saturated rings. The Bertz CT molecular complexity index is 605. The predicted molar refractivity (Wildman–Crippen MR) is 65.1 cm³/mol. The fourth-order valence-electron chi connectivity index (χ4n) is 2.35. The summed E-state index contributed by atoms with van der Waals surface area (Å²) < 4.78 is 7.34. The molecule has 1 aliphatic heterocycles. The van der Waals surface area contributed by atoms with E-state index in [1.807, 2.05) is 6.92 Å². The molecule has 2 N–H and O–H groups in total. The summed E-state index contributed by atoms with van der Waals surface area (Å²) in [6, 6.07) is 0. The standard InChI is InChI=1S/C12H15N4O3.Y/c1-6-9(4-17)19-12(10(6)18)16-5-14-8-3-13-7(2)15-11(8)16;/h5-6,9-10,12,17-18H,4H2,1-2H3;/q-1;/t6-,9+,10?,12+;/m0./s1. The Labute approximate surface area is 141 Å². The van der Waals surface area contributed by atoms with E-state index in [1.54, 1.807) is 17.8 Å². The molecular formula is C12H15N4O3Y-. The molecule has 4 atom stereocenters. The first-order chi connectivity index (χ1) is 9.11. The zero-order chi connectivity index (χ0) is 13.6. The van der Waals surface area contributed by atoms with E-state index >= 15 is 0 Å². The molecule has 8 heteroatoms. The molecule has 20 heavy (non-hydrogen) atoms. The summed E-state index contributed by atoms with van der Waals surface area (Å²) in [5, 5.41) is 19.5.